The van der Waals surface area contributed by atoms with Crippen LogP contribution in [0, 0.1) is 11.8 Å². The van der Waals surface area contributed by atoms with Gasteiger partial charge in [-0.1, -0.05) is 20.3 Å². The van der Waals surface area contributed by atoms with Crippen molar-refractivity contribution in [2.75, 3.05) is 32.7 Å². The van der Waals surface area contributed by atoms with Crippen molar-refractivity contribution in [2.24, 2.45) is 17.6 Å². The largest absolute Gasteiger partial charge is 0.341 e. The fourth-order valence-corrected chi connectivity index (χ4v) is 3.37. The van der Waals surface area contributed by atoms with E-state index in [1.807, 2.05) is 4.90 Å². The summed E-state index contributed by atoms with van der Waals surface area (Å²) in [6, 6.07) is -0.310. The van der Waals surface area contributed by atoms with Gasteiger partial charge in [0.2, 0.25) is 5.91 Å². The predicted octanol–water partition coefficient (Wildman–Crippen LogP) is 2.12. The van der Waals surface area contributed by atoms with Crippen molar-refractivity contribution in [3.63, 3.8) is 0 Å². The molecule has 2 N–H and O–H groups in total. The van der Waals surface area contributed by atoms with E-state index < -0.39 is 0 Å². The lowest BCUT2D eigenvalue weighted by atomic mass is 9.94. The summed E-state index contributed by atoms with van der Waals surface area (Å²) in [6.45, 7) is 9.77. The van der Waals surface area contributed by atoms with E-state index in [1.165, 1.54) is 32.5 Å². The second-order valence-corrected chi connectivity index (χ2v) is 6.69. The van der Waals surface area contributed by atoms with Gasteiger partial charge in [0.25, 0.3) is 0 Å². The molecule has 0 spiro atoms. The quantitative estimate of drug-likeness (QED) is 0.845. The number of hydrogen-bond donors (Lipinski definition) is 1. The van der Waals surface area contributed by atoms with Crippen molar-refractivity contribution in [2.45, 2.75) is 52.0 Å². The first kappa shape index (κ1) is 18.7. The van der Waals surface area contributed by atoms with E-state index in [-0.39, 0.29) is 30.3 Å². The van der Waals surface area contributed by atoms with Crippen LogP contribution in [0.5, 0.6) is 0 Å². The maximum Gasteiger partial charge on any atom is 0.239 e. The Bertz CT molecular complexity index is 313. The van der Waals surface area contributed by atoms with Crippen LogP contribution in [-0.2, 0) is 4.79 Å². The summed E-state index contributed by atoms with van der Waals surface area (Å²) < 4.78 is 0. The Hall–Kier alpha value is -0.320. The van der Waals surface area contributed by atoms with Gasteiger partial charge in [0.15, 0.2) is 0 Å². The Morgan fingerprint density at radius 1 is 1.19 bits per heavy atom. The predicted molar refractivity (Wildman–Crippen MR) is 89.7 cm³/mol. The minimum absolute atomic E-state index is 0. The second-order valence-electron chi connectivity index (χ2n) is 6.69. The van der Waals surface area contributed by atoms with Gasteiger partial charge in [0.1, 0.15) is 0 Å². The third-order valence-corrected chi connectivity index (χ3v) is 5.18. The monoisotopic (exact) mass is 317 g/mol. The smallest absolute Gasteiger partial charge is 0.239 e. The molecule has 0 aliphatic carbocycles. The third kappa shape index (κ3) is 5.11. The highest BCUT2D eigenvalue weighted by atomic mass is 35.5. The van der Waals surface area contributed by atoms with E-state index in [1.54, 1.807) is 0 Å². The minimum atomic E-state index is -0.310. The van der Waals surface area contributed by atoms with Gasteiger partial charge < -0.3 is 15.5 Å². The molecule has 2 unspecified atom stereocenters. The molecular weight excluding hydrogens is 286 g/mol. The molecule has 0 aromatic rings. The number of amides is 1. The topological polar surface area (TPSA) is 49.6 Å². The molecule has 2 rings (SSSR count). The summed E-state index contributed by atoms with van der Waals surface area (Å²) in [4.78, 5) is 16.9. The van der Waals surface area contributed by atoms with Crippen molar-refractivity contribution in [3.05, 3.63) is 0 Å². The minimum Gasteiger partial charge on any atom is -0.341 e. The lowest BCUT2D eigenvalue weighted by molar-refractivity contribution is -0.135. The Morgan fingerprint density at radius 2 is 1.76 bits per heavy atom. The first-order valence-electron chi connectivity index (χ1n) is 8.38. The van der Waals surface area contributed by atoms with Crippen molar-refractivity contribution in [1.29, 1.82) is 0 Å². The second kappa shape index (κ2) is 8.96. The average Bonchev–Trinajstić information content (AvgIpc) is 2.98. The fourth-order valence-electron chi connectivity index (χ4n) is 3.37. The van der Waals surface area contributed by atoms with Crippen molar-refractivity contribution in [1.82, 2.24) is 9.80 Å². The van der Waals surface area contributed by atoms with Gasteiger partial charge in [0.05, 0.1) is 6.04 Å². The van der Waals surface area contributed by atoms with Gasteiger partial charge in [-0.3, -0.25) is 4.79 Å². The molecule has 0 radical (unpaired) electrons. The lowest BCUT2D eigenvalue weighted by Gasteiger charge is -2.35. The highest BCUT2D eigenvalue weighted by Crippen LogP contribution is 2.21. The van der Waals surface area contributed by atoms with Gasteiger partial charge in [-0.15, -0.1) is 12.4 Å². The highest BCUT2D eigenvalue weighted by Gasteiger charge is 2.29. The van der Waals surface area contributed by atoms with Crippen molar-refractivity contribution in [3.8, 4) is 0 Å². The van der Waals surface area contributed by atoms with Crippen LogP contribution >= 0.6 is 12.4 Å². The van der Waals surface area contributed by atoms with Crippen LogP contribution < -0.4 is 5.73 Å². The third-order valence-electron chi connectivity index (χ3n) is 5.18. The van der Waals surface area contributed by atoms with E-state index in [0.29, 0.717) is 0 Å². The molecular formula is C16H32ClN3O. The zero-order chi connectivity index (χ0) is 14.5. The van der Waals surface area contributed by atoms with Crippen LogP contribution in [0.15, 0.2) is 0 Å². The number of piperidine rings is 1. The van der Waals surface area contributed by atoms with E-state index >= 15 is 0 Å². The summed E-state index contributed by atoms with van der Waals surface area (Å²) in [5.74, 6) is 1.22. The number of rotatable bonds is 5. The van der Waals surface area contributed by atoms with Crippen LogP contribution in [0.4, 0.5) is 0 Å². The molecule has 0 saturated carbocycles. The number of nitrogens with two attached hydrogens (primary N) is 1. The SMILES string of the molecule is CCC(C)C(N)C(=O)N1CCC(CN2CCCC2)CC1.Cl. The van der Waals surface area contributed by atoms with Crippen LogP contribution in [0.25, 0.3) is 0 Å². The Kier molecular flexibility index (Phi) is 7.99. The van der Waals surface area contributed by atoms with Gasteiger partial charge >= 0.3 is 0 Å². The Morgan fingerprint density at radius 3 is 2.29 bits per heavy atom. The molecule has 4 nitrogen and oxygen atoms in total. The lowest BCUT2D eigenvalue weighted by Crippen LogP contribution is -2.50. The number of nitrogens with zero attached hydrogens (tertiary/aromatic N) is 2. The van der Waals surface area contributed by atoms with Crippen LogP contribution in [0.2, 0.25) is 0 Å². The highest BCUT2D eigenvalue weighted by molar-refractivity contribution is 5.85. The summed E-state index contributed by atoms with van der Waals surface area (Å²) in [7, 11) is 0. The van der Waals surface area contributed by atoms with E-state index in [2.05, 4.69) is 18.7 Å². The molecule has 0 aromatic carbocycles. The van der Waals surface area contributed by atoms with Crippen molar-refractivity contribution >= 4 is 18.3 Å². The standard InChI is InChI=1S/C16H31N3O.ClH/c1-3-13(2)15(17)16(20)19-10-6-14(7-11-19)12-18-8-4-5-9-18;/h13-15H,3-12,17H2,1-2H3;1H. The molecule has 2 saturated heterocycles. The number of carbonyl (C=O) groups excluding carboxylic acids is 1. The van der Waals surface area contributed by atoms with Gasteiger partial charge in [0, 0.05) is 19.6 Å². The van der Waals surface area contributed by atoms with Gasteiger partial charge in [-0.2, -0.15) is 0 Å². The molecule has 0 aromatic heterocycles. The Balaban J connectivity index is 0.00000220. The summed E-state index contributed by atoms with van der Waals surface area (Å²) in [5, 5.41) is 0. The molecule has 1 amide bonds. The number of carbonyl (C=O) groups is 1. The summed E-state index contributed by atoms with van der Waals surface area (Å²) in [6.07, 6.45) is 5.99. The Labute approximate surface area is 135 Å². The molecule has 2 aliphatic rings. The average molecular weight is 318 g/mol. The van der Waals surface area contributed by atoms with E-state index in [0.717, 1.165) is 38.3 Å². The van der Waals surface area contributed by atoms with Gasteiger partial charge in [-0.05, 0) is 50.6 Å². The molecule has 2 atom stereocenters. The normalized spacial score (nSPS) is 23.7. The molecule has 2 aliphatic heterocycles. The first-order chi connectivity index (χ1) is 9.61. The molecule has 2 heterocycles. The van der Waals surface area contributed by atoms with Crippen LogP contribution in [0.3, 0.4) is 0 Å². The van der Waals surface area contributed by atoms with Crippen LogP contribution in [0.1, 0.15) is 46.0 Å². The molecule has 2 fully saturated rings. The fraction of sp³-hybridized carbons (Fsp3) is 0.938. The summed E-state index contributed by atoms with van der Waals surface area (Å²) in [5.41, 5.74) is 6.07. The summed E-state index contributed by atoms with van der Waals surface area (Å²) >= 11 is 0. The zero-order valence-electron chi connectivity index (χ0n) is 13.6. The van der Waals surface area contributed by atoms with Gasteiger partial charge in [-0.25, -0.2) is 0 Å². The first-order valence-corrected chi connectivity index (χ1v) is 8.38. The molecule has 0 bridgehead atoms. The van der Waals surface area contributed by atoms with Crippen molar-refractivity contribution < 1.29 is 4.79 Å². The molecule has 21 heavy (non-hydrogen) atoms. The molecule has 5 heteroatoms. The van der Waals surface area contributed by atoms with E-state index in [4.69, 9.17) is 5.73 Å². The maximum absolute atomic E-state index is 12.3. The maximum atomic E-state index is 12.3. The van der Waals surface area contributed by atoms with Crippen LogP contribution in [-0.4, -0.2) is 54.5 Å². The number of halogens is 1. The molecule has 124 valence electrons. The number of hydrogen-bond acceptors (Lipinski definition) is 3. The van der Waals surface area contributed by atoms with E-state index in [9.17, 15) is 4.79 Å². The number of likely N-dealkylation sites (tertiary alicyclic amines) is 2. The zero-order valence-corrected chi connectivity index (χ0v) is 14.4.